The number of fused-ring (bicyclic) bond motifs is 1. The summed E-state index contributed by atoms with van der Waals surface area (Å²) in [6, 6.07) is 11.5. The van der Waals surface area contributed by atoms with Crippen LogP contribution in [0.25, 0.3) is 11.0 Å². The lowest BCUT2D eigenvalue weighted by molar-refractivity contribution is 0.415. The van der Waals surface area contributed by atoms with Crippen molar-refractivity contribution in [2.24, 2.45) is 5.92 Å². The second-order valence-electron chi connectivity index (χ2n) is 6.86. The smallest absolute Gasteiger partial charge is 0.323 e. The Labute approximate surface area is 157 Å². The van der Waals surface area contributed by atoms with E-state index in [1.807, 2.05) is 6.92 Å². The van der Waals surface area contributed by atoms with Gasteiger partial charge in [-0.2, -0.15) is 0 Å². The van der Waals surface area contributed by atoms with Crippen LogP contribution in [-0.2, 0) is 10.0 Å². The van der Waals surface area contributed by atoms with E-state index in [0.717, 1.165) is 12.8 Å². The number of sulfonamides is 1. The van der Waals surface area contributed by atoms with E-state index in [4.69, 9.17) is 4.74 Å². The fourth-order valence-electron chi connectivity index (χ4n) is 3.38. The number of hydrogen-bond donors (Lipinski definition) is 2. The summed E-state index contributed by atoms with van der Waals surface area (Å²) < 4.78 is 33.7. The SMILES string of the molecule is COc1ccc(N([C@@H](C)C2CC2)S(=O)(=O)c2ccc3[nH]c(=O)[nH]c3c2)cc1. The lowest BCUT2D eigenvalue weighted by atomic mass is 10.2. The quantitative estimate of drug-likeness (QED) is 0.680. The van der Waals surface area contributed by atoms with Crippen LogP contribution in [0.5, 0.6) is 5.75 Å². The summed E-state index contributed by atoms with van der Waals surface area (Å²) in [6.45, 7) is 1.94. The molecule has 1 aliphatic carbocycles. The number of nitrogens with zero attached hydrogens (tertiary/aromatic N) is 1. The third-order valence-corrected chi connectivity index (χ3v) is 6.96. The third-order valence-electron chi connectivity index (χ3n) is 5.05. The van der Waals surface area contributed by atoms with Crippen molar-refractivity contribution in [3.05, 3.63) is 52.9 Å². The fraction of sp³-hybridized carbons (Fsp3) is 0.316. The zero-order chi connectivity index (χ0) is 19.2. The van der Waals surface area contributed by atoms with Crippen molar-refractivity contribution >= 4 is 26.7 Å². The lowest BCUT2D eigenvalue weighted by Gasteiger charge is -2.31. The molecule has 0 radical (unpaired) electrons. The van der Waals surface area contributed by atoms with Crippen molar-refractivity contribution in [3.8, 4) is 5.75 Å². The summed E-state index contributed by atoms with van der Waals surface area (Å²) in [7, 11) is -2.23. The van der Waals surface area contributed by atoms with Crippen molar-refractivity contribution in [1.29, 1.82) is 0 Å². The maximum Gasteiger partial charge on any atom is 0.323 e. The highest BCUT2D eigenvalue weighted by atomic mass is 32.2. The van der Waals surface area contributed by atoms with Crippen LogP contribution < -0.4 is 14.7 Å². The summed E-state index contributed by atoms with van der Waals surface area (Å²) in [4.78, 5) is 16.9. The molecule has 1 fully saturated rings. The van der Waals surface area contributed by atoms with Gasteiger partial charge in [-0.15, -0.1) is 0 Å². The van der Waals surface area contributed by atoms with Crippen LogP contribution in [0.2, 0.25) is 0 Å². The highest BCUT2D eigenvalue weighted by Gasteiger charge is 2.38. The van der Waals surface area contributed by atoms with Gasteiger partial charge in [0.15, 0.2) is 0 Å². The van der Waals surface area contributed by atoms with Crippen LogP contribution in [-0.4, -0.2) is 31.5 Å². The highest BCUT2D eigenvalue weighted by molar-refractivity contribution is 7.92. The van der Waals surface area contributed by atoms with E-state index in [2.05, 4.69) is 9.97 Å². The first-order valence-corrected chi connectivity index (χ1v) is 10.2. The van der Waals surface area contributed by atoms with Gasteiger partial charge in [-0.05, 0) is 68.1 Å². The standard InChI is InChI=1S/C19H21N3O4S/c1-12(13-3-4-13)22(14-5-7-15(26-2)8-6-14)27(24,25)16-9-10-17-18(11-16)21-19(23)20-17/h5-13H,3-4H2,1-2H3,(H2,20,21,23)/t12-/m0/s1. The summed E-state index contributed by atoms with van der Waals surface area (Å²) >= 11 is 0. The number of ether oxygens (including phenoxy) is 1. The number of benzene rings is 2. The number of rotatable bonds is 6. The first kappa shape index (κ1) is 17.7. The number of aromatic amines is 2. The van der Waals surface area contributed by atoms with Gasteiger partial charge in [-0.1, -0.05) is 0 Å². The molecule has 1 saturated carbocycles. The molecule has 4 rings (SSSR count). The first-order chi connectivity index (χ1) is 12.9. The van der Waals surface area contributed by atoms with Gasteiger partial charge in [-0.3, -0.25) is 4.31 Å². The highest BCUT2D eigenvalue weighted by Crippen LogP contribution is 2.39. The molecule has 0 unspecified atom stereocenters. The average molecular weight is 387 g/mol. The zero-order valence-corrected chi connectivity index (χ0v) is 15.9. The molecule has 1 heterocycles. The monoisotopic (exact) mass is 387 g/mol. The van der Waals surface area contributed by atoms with Crippen molar-refractivity contribution in [3.63, 3.8) is 0 Å². The topological polar surface area (TPSA) is 95.3 Å². The Hall–Kier alpha value is -2.74. The fourth-order valence-corrected chi connectivity index (χ4v) is 5.12. The zero-order valence-electron chi connectivity index (χ0n) is 15.1. The third kappa shape index (κ3) is 3.21. The predicted molar refractivity (Wildman–Crippen MR) is 104 cm³/mol. The molecule has 142 valence electrons. The largest absolute Gasteiger partial charge is 0.497 e. The van der Waals surface area contributed by atoms with Gasteiger partial charge in [-0.25, -0.2) is 13.2 Å². The van der Waals surface area contributed by atoms with Crippen molar-refractivity contribution in [1.82, 2.24) is 9.97 Å². The minimum atomic E-state index is -3.80. The number of imidazole rings is 1. The van der Waals surface area contributed by atoms with Crippen LogP contribution in [0, 0.1) is 5.92 Å². The second-order valence-corrected chi connectivity index (χ2v) is 8.68. The van der Waals surface area contributed by atoms with Crippen LogP contribution in [0.3, 0.4) is 0 Å². The van der Waals surface area contributed by atoms with Crippen molar-refractivity contribution < 1.29 is 13.2 Å². The first-order valence-electron chi connectivity index (χ1n) is 8.80. The maximum absolute atomic E-state index is 13.5. The Bertz CT molecular complexity index is 1130. The molecule has 27 heavy (non-hydrogen) atoms. The molecule has 7 nitrogen and oxygen atoms in total. The van der Waals surface area contributed by atoms with Crippen LogP contribution in [0.15, 0.2) is 52.2 Å². The number of aromatic nitrogens is 2. The molecule has 0 aliphatic heterocycles. The minimum Gasteiger partial charge on any atom is -0.497 e. The Kier molecular flexibility index (Phi) is 4.22. The molecular weight excluding hydrogens is 366 g/mol. The van der Waals surface area contributed by atoms with Crippen LogP contribution in [0.4, 0.5) is 5.69 Å². The summed E-state index contributed by atoms with van der Waals surface area (Å²) in [5.74, 6) is 1.01. The van der Waals surface area contributed by atoms with Gasteiger partial charge in [0.25, 0.3) is 10.0 Å². The predicted octanol–water partition coefficient (Wildman–Crippen LogP) is 2.86. The van der Waals surface area contributed by atoms with Gasteiger partial charge in [0.2, 0.25) is 0 Å². The molecule has 1 aliphatic rings. The molecule has 0 amide bonds. The number of hydrogen-bond acceptors (Lipinski definition) is 4. The van der Waals surface area contributed by atoms with Crippen LogP contribution >= 0.6 is 0 Å². The van der Waals surface area contributed by atoms with Gasteiger partial charge in [0.1, 0.15) is 5.75 Å². The Morgan fingerprint density at radius 3 is 2.37 bits per heavy atom. The second kappa shape index (κ2) is 6.45. The van der Waals surface area contributed by atoms with Gasteiger partial charge < -0.3 is 14.7 Å². The van der Waals surface area contributed by atoms with E-state index in [0.29, 0.717) is 28.4 Å². The number of H-pyrrole nitrogens is 2. The van der Waals surface area contributed by atoms with E-state index < -0.39 is 10.0 Å². The lowest BCUT2D eigenvalue weighted by Crippen LogP contribution is -2.40. The van der Waals surface area contributed by atoms with Crippen molar-refractivity contribution in [2.45, 2.75) is 30.7 Å². The number of anilines is 1. The van der Waals surface area contributed by atoms with E-state index in [9.17, 15) is 13.2 Å². The summed E-state index contributed by atoms with van der Waals surface area (Å²) in [5.41, 5.74) is 1.27. The van der Waals surface area contributed by atoms with E-state index >= 15 is 0 Å². The van der Waals surface area contributed by atoms with E-state index in [-0.39, 0.29) is 16.6 Å². The van der Waals surface area contributed by atoms with Gasteiger partial charge >= 0.3 is 5.69 Å². The molecule has 8 heteroatoms. The molecule has 2 aromatic carbocycles. The Morgan fingerprint density at radius 1 is 1.07 bits per heavy atom. The molecule has 0 spiro atoms. The number of nitrogens with one attached hydrogen (secondary N) is 2. The van der Waals surface area contributed by atoms with E-state index in [1.54, 1.807) is 37.4 Å². The van der Waals surface area contributed by atoms with Gasteiger partial charge in [0.05, 0.1) is 28.7 Å². The molecule has 3 aromatic rings. The molecular formula is C19H21N3O4S. The molecule has 1 atom stereocenters. The molecule has 1 aromatic heterocycles. The summed E-state index contributed by atoms with van der Waals surface area (Å²) in [5, 5.41) is 0. The normalized spacial score (nSPS) is 15.6. The van der Waals surface area contributed by atoms with Gasteiger partial charge in [0, 0.05) is 6.04 Å². The Balaban J connectivity index is 1.81. The number of methoxy groups -OCH3 is 1. The minimum absolute atomic E-state index is 0.147. The molecule has 0 bridgehead atoms. The maximum atomic E-state index is 13.5. The van der Waals surface area contributed by atoms with Crippen LogP contribution in [0.1, 0.15) is 19.8 Å². The Morgan fingerprint density at radius 2 is 1.74 bits per heavy atom. The molecule has 0 saturated heterocycles. The summed E-state index contributed by atoms with van der Waals surface area (Å²) in [6.07, 6.45) is 2.04. The van der Waals surface area contributed by atoms with E-state index in [1.165, 1.54) is 16.4 Å². The van der Waals surface area contributed by atoms with Crippen molar-refractivity contribution in [2.75, 3.05) is 11.4 Å². The molecule has 2 N–H and O–H groups in total. The average Bonchev–Trinajstić information content (AvgIpc) is 3.43.